The Morgan fingerprint density at radius 2 is 1.69 bits per heavy atom. The second-order valence-corrected chi connectivity index (χ2v) is 14.0. The number of hydrogen-bond donors (Lipinski definition) is 1. The van der Waals surface area contributed by atoms with Gasteiger partial charge in [-0.05, 0) is 74.1 Å². The summed E-state index contributed by atoms with van der Waals surface area (Å²) in [4.78, 5) is 52.5. The predicted molar refractivity (Wildman–Crippen MR) is 167 cm³/mol. The summed E-state index contributed by atoms with van der Waals surface area (Å²) in [6.07, 6.45) is 10.9. The highest BCUT2D eigenvalue weighted by atomic mass is 35.5. The number of carboxylic acids is 1. The first kappa shape index (κ1) is 28.4. The maximum Gasteiger partial charge on any atom is 0.306 e. The van der Waals surface area contributed by atoms with Crippen LogP contribution in [0.15, 0.2) is 42.7 Å². The van der Waals surface area contributed by atoms with Gasteiger partial charge in [-0.15, -0.1) is 0 Å². The molecule has 232 valence electrons. The van der Waals surface area contributed by atoms with Gasteiger partial charge in [0.1, 0.15) is 0 Å². The number of hydrogen-bond acceptors (Lipinski definition) is 7. The van der Waals surface area contributed by atoms with Crippen LogP contribution in [-0.2, 0) is 22.4 Å². The Morgan fingerprint density at radius 1 is 0.933 bits per heavy atom. The van der Waals surface area contributed by atoms with E-state index in [1.54, 1.807) is 18.5 Å². The first-order chi connectivity index (χ1) is 21.8. The number of amides is 1. The molecule has 2 aliphatic heterocycles. The highest BCUT2D eigenvalue weighted by Gasteiger charge is 2.54. The third-order valence-electron chi connectivity index (χ3n) is 10.4. The number of carbonyl (C=O) groups excluding carboxylic acids is 2. The minimum Gasteiger partial charge on any atom is -0.481 e. The number of likely N-dealkylation sites (tertiary alicyclic amines) is 1. The van der Waals surface area contributed by atoms with Crippen molar-refractivity contribution in [1.29, 1.82) is 0 Å². The van der Waals surface area contributed by atoms with Crippen molar-refractivity contribution in [2.45, 2.75) is 57.3 Å². The number of carbonyl (C=O) groups is 3. The number of carboxylic acid groups (broad SMARTS) is 1. The van der Waals surface area contributed by atoms with Crippen molar-refractivity contribution in [3.8, 4) is 0 Å². The zero-order valence-electron chi connectivity index (χ0n) is 25.0. The Hall–Kier alpha value is -4.05. The summed E-state index contributed by atoms with van der Waals surface area (Å²) in [5, 5.41) is 14.9. The van der Waals surface area contributed by atoms with Crippen LogP contribution in [0.2, 0.25) is 5.02 Å². The maximum atomic E-state index is 14.3. The van der Waals surface area contributed by atoms with Crippen molar-refractivity contribution in [2.75, 3.05) is 31.1 Å². The molecular formula is C34H35ClN6O4. The van der Waals surface area contributed by atoms with E-state index in [1.165, 1.54) is 4.68 Å². The van der Waals surface area contributed by atoms with Crippen molar-refractivity contribution in [2.24, 2.45) is 17.3 Å². The van der Waals surface area contributed by atoms with Gasteiger partial charge in [0.2, 0.25) is 11.9 Å². The van der Waals surface area contributed by atoms with Crippen LogP contribution in [0.5, 0.6) is 0 Å². The van der Waals surface area contributed by atoms with Gasteiger partial charge < -0.3 is 14.9 Å². The summed E-state index contributed by atoms with van der Waals surface area (Å²) in [6, 6.07) is 7.44. The standard InChI is InChI=1S/C34H35ClN6O4/c35-26-4-1-3-24(20-5-6-20)28(26)31(43)41-27-15-23(11-12-25(27)29(38-41)21-7-9-22(10-8-21)32(44)45)30(42)39-16-34(17-39)18-40(19-34)33-36-13-2-14-37-33/h1-4,7,13-14,20,22-23H,5-6,8-12,15-19H2,(H,44,45). The Labute approximate surface area is 266 Å². The summed E-state index contributed by atoms with van der Waals surface area (Å²) < 4.78 is 1.52. The summed E-state index contributed by atoms with van der Waals surface area (Å²) in [5.74, 6) is -0.467. The Kier molecular flexibility index (Phi) is 6.82. The molecule has 1 spiro atoms. The fraction of sp³-hybridized carbons (Fsp3) is 0.471. The van der Waals surface area contributed by atoms with Gasteiger partial charge in [-0.2, -0.15) is 9.78 Å². The average Bonchev–Trinajstić information content (AvgIpc) is 3.79. The maximum absolute atomic E-state index is 14.3. The van der Waals surface area contributed by atoms with E-state index in [2.05, 4.69) is 14.9 Å². The minimum absolute atomic E-state index is 0.101. The van der Waals surface area contributed by atoms with Crippen LogP contribution >= 0.6 is 11.6 Å². The summed E-state index contributed by atoms with van der Waals surface area (Å²) in [7, 11) is 0. The average molecular weight is 627 g/mol. The zero-order valence-corrected chi connectivity index (χ0v) is 25.7. The second-order valence-electron chi connectivity index (χ2n) is 13.5. The predicted octanol–water partition coefficient (Wildman–Crippen LogP) is 4.61. The van der Waals surface area contributed by atoms with E-state index in [4.69, 9.17) is 16.7 Å². The molecule has 1 N–H and O–H groups in total. The highest BCUT2D eigenvalue weighted by Crippen LogP contribution is 2.45. The molecule has 3 aliphatic carbocycles. The van der Waals surface area contributed by atoms with Crippen molar-refractivity contribution in [3.05, 3.63) is 75.8 Å². The van der Waals surface area contributed by atoms with Crippen molar-refractivity contribution < 1.29 is 19.5 Å². The molecular weight excluding hydrogens is 592 g/mol. The highest BCUT2D eigenvalue weighted by molar-refractivity contribution is 6.34. The van der Waals surface area contributed by atoms with Gasteiger partial charge in [0.15, 0.2) is 0 Å². The normalized spacial score (nSPS) is 23.5. The first-order valence-electron chi connectivity index (χ1n) is 16.0. The van der Waals surface area contributed by atoms with Crippen LogP contribution in [-0.4, -0.2) is 73.7 Å². The third-order valence-corrected chi connectivity index (χ3v) is 10.7. The lowest BCUT2D eigenvalue weighted by molar-refractivity contribution is -0.150. The lowest BCUT2D eigenvalue weighted by Crippen LogP contribution is -2.73. The number of nitrogens with zero attached hydrogens (tertiary/aromatic N) is 6. The van der Waals surface area contributed by atoms with Crippen LogP contribution in [0, 0.1) is 17.3 Å². The molecule has 45 heavy (non-hydrogen) atoms. The van der Waals surface area contributed by atoms with E-state index < -0.39 is 11.9 Å². The molecule has 2 aromatic heterocycles. The number of anilines is 1. The van der Waals surface area contributed by atoms with Crippen molar-refractivity contribution in [1.82, 2.24) is 24.6 Å². The number of fused-ring (bicyclic) bond motifs is 1. The van der Waals surface area contributed by atoms with E-state index in [9.17, 15) is 19.5 Å². The molecule has 1 saturated carbocycles. The van der Waals surface area contributed by atoms with Crippen LogP contribution in [0.25, 0.3) is 5.57 Å². The molecule has 8 rings (SSSR count). The monoisotopic (exact) mass is 626 g/mol. The molecule has 4 heterocycles. The number of halogens is 1. The summed E-state index contributed by atoms with van der Waals surface area (Å²) in [6.45, 7) is 3.15. The van der Waals surface area contributed by atoms with Crippen LogP contribution < -0.4 is 4.90 Å². The molecule has 3 fully saturated rings. The molecule has 2 atom stereocenters. The van der Waals surface area contributed by atoms with Crippen LogP contribution in [0.1, 0.15) is 77.3 Å². The minimum atomic E-state index is -0.781. The zero-order chi connectivity index (χ0) is 30.9. The van der Waals surface area contributed by atoms with Crippen molar-refractivity contribution >= 4 is 40.9 Å². The van der Waals surface area contributed by atoms with Gasteiger partial charge in [-0.3, -0.25) is 14.4 Å². The Bertz CT molecular complexity index is 1730. The SMILES string of the molecule is O=C(O)C1CC=C(c2nn(C(=O)c3c(Cl)cccc3C3CC3)c3c2CCC(C(=O)N2CC4(C2)CN(c2ncccn2)C4)C3)CC1. The van der Waals surface area contributed by atoms with Gasteiger partial charge in [0.25, 0.3) is 5.91 Å². The number of rotatable bonds is 6. The smallest absolute Gasteiger partial charge is 0.306 e. The van der Waals surface area contributed by atoms with Gasteiger partial charge in [-0.1, -0.05) is 29.8 Å². The van der Waals surface area contributed by atoms with E-state index in [1.807, 2.05) is 29.2 Å². The number of aliphatic carboxylic acids is 1. The lowest BCUT2D eigenvalue weighted by Gasteiger charge is -2.60. The van der Waals surface area contributed by atoms with Gasteiger partial charge in [0, 0.05) is 61.9 Å². The summed E-state index contributed by atoms with van der Waals surface area (Å²) >= 11 is 6.67. The van der Waals surface area contributed by atoms with E-state index in [0.29, 0.717) is 55.0 Å². The van der Waals surface area contributed by atoms with Gasteiger partial charge in [0.05, 0.1) is 27.9 Å². The van der Waals surface area contributed by atoms with Crippen molar-refractivity contribution in [3.63, 3.8) is 0 Å². The fourth-order valence-electron chi connectivity index (χ4n) is 7.87. The molecule has 1 aromatic carbocycles. The van der Waals surface area contributed by atoms with E-state index in [0.717, 1.165) is 73.1 Å². The number of allylic oxidation sites excluding steroid dienone is 2. The molecule has 2 saturated heterocycles. The molecule has 5 aliphatic rings. The largest absolute Gasteiger partial charge is 0.481 e. The van der Waals surface area contributed by atoms with Gasteiger partial charge in [-0.25, -0.2) is 9.97 Å². The van der Waals surface area contributed by atoms with Crippen LogP contribution in [0.4, 0.5) is 5.95 Å². The molecule has 0 radical (unpaired) electrons. The molecule has 1 amide bonds. The quantitative estimate of drug-likeness (QED) is 0.421. The van der Waals surface area contributed by atoms with Gasteiger partial charge >= 0.3 is 5.97 Å². The van der Waals surface area contributed by atoms with E-state index >= 15 is 0 Å². The van der Waals surface area contributed by atoms with E-state index in [-0.39, 0.29) is 23.1 Å². The fourth-order valence-corrected chi connectivity index (χ4v) is 8.13. The Balaban J connectivity index is 1.05. The number of aromatic nitrogens is 4. The molecule has 11 heteroatoms. The number of benzene rings is 1. The van der Waals surface area contributed by atoms with Crippen LogP contribution in [0.3, 0.4) is 0 Å². The topological polar surface area (TPSA) is 122 Å². The summed E-state index contributed by atoms with van der Waals surface area (Å²) in [5.41, 5.74) is 5.11. The second kappa shape index (κ2) is 10.8. The third kappa shape index (κ3) is 4.94. The first-order valence-corrected chi connectivity index (χ1v) is 16.3. The Morgan fingerprint density at radius 3 is 2.38 bits per heavy atom. The molecule has 3 aromatic rings. The molecule has 0 bridgehead atoms. The molecule has 10 nitrogen and oxygen atoms in total. The lowest BCUT2D eigenvalue weighted by atomic mass is 9.72. The molecule has 2 unspecified atom stereocenters.